The summed E-state index contributed by atoms with van der Waals surface area (Å²) in [4.78, 5) is 0. The second-order valence-electron chi connectivity index (χ2n) is 9.25. The smallest absolute Gasteiger partial charge is 0.134 e. The molecule has 0 amide bonds. The van der Waals surface area contributed by atoms with E-state index in [0.717, 1.165) is 25.0 Å². The van der Waals surface area contributed by atoms with Crippen LogP contribution in [0.15, 0.2) is 55.3 Å². The van der Waals surface area contributed by atoms with E-state index in [1.54, 1.807) is 0 Å². The zero-order chi connectivity index (χ0) is 19.3. The Balaban J connectivity index is 1.58. The van der Waals surface area contributed by atoms with Crippen molar-refractivity contribution in [2.75, 3.05) is 0 Å². The molecule has 2 aromatic carbocycles. The highest BCUT2D eigenvalue weighted by molar-refractivity contribution is 5.72. The third kappa shape index (κ3) is 2.65. The molecule has 3 aliphatic rings. The fourth-order valence-electron chi connectivity index (χ4n) is 6.60. The molecule has 0 spiro atoms. The molecule has 2 fully saturated rings. The van der Waals surface area contributed by atoms with Crippen LogP contribution in [0.1, 0.15) is 56.1 Å². The lowest BCUT2D eigenvalue weighted by molar-refractivity contribution is -0.0226. The molecular weight excluding hydrogens is 344 g/mol. The maximum absolute atomic E-state index is 10.6. The summed E-state index contributed by atoms with van der Waals surface area (Å²) in [5, 5.41) is 10.6. The Morgan fingerprint density at radius 2 is 1.93 bits per heavy atom. The fraction of sp³-hybridized carbons (Fsp3) is 0.462. The number of hydrogen-bond acceptors (Lipinski definition) is 2. The van der Waals surface area contributed by atoms with Gasteiger partial charge in [-0.3, -0.25) is 0 Å². The van der Waals surface area contributed by atoms with Crippen LogP contribution in [0.5, 0.6) is 5.75 Å². The Morgan fingerprint density at radius 3 is 2.71 bits per heavy atom. The number of benzene rings is 2. The number of ether oxygens (including phenoxy) is 1. The Kier molecular flexibility index (Phi) is 4.35. The molecule has 2 saturated carbocycles. The van der Waals surface area contributed by atoms with E-state index in [2.05, 4.69) is 56.0 Å². The third-order valence-corrected chi connectivity index (χ3v) is 8.07. The van der Waals surface area contributed by atoms with Crippen LogP contribution >= 0.6 is 0 Å². The summed E-state index contributed by atoms with van der Waals surface area (Å²) in [7, 11) is 0. The standard InChI is InChI=1S/C26H30O2/c1-3-28-24-15-18-9-10-20-19(13-14-26(2)23(20)11-12-25(26)27)21(18)16-22(24)17-7-5-4-6-8-17/h3-8,15-16,19-20,23,25,27H,1,9-14H2,2H3/t19-,20+,23-,25+,26-/m0/s1. The molecule has 1 N–H and O–H groups in total. The zero-order valence-electron chi connectivity index (χ0n) is 16.7. The van der Waals surface area contributed by atoms with Crippen molar-refractivity contribution in [1.82, 2.24) is 0 Å². The minimum absolute atomic E-state index is 0.108. The first-order valence-electron chi connectivity index (χ1n) is 10.8. The van der Waals surface area contributed by atoms with Gasteiger partial charge in [-0.15, -0.1) is 0 Å². The second kappa shape index (κ2) is 6.77. The normalized spacial score (nSPS) is 33.5. The van der Waals surface area contributed by atoms with Crippen LogP contribution in [0.25, 0.3) is 11.1 Å². The van der Waals surface area contributed by atoms with Crippen molar-refractivity contribution in [3.05, 3.63) is 66.4 Å². The SMILES string of the molecule is C=COc1cc2c(cc1-c1ccccc1)[C@H]1CC[C@]3(C)[C@H](O)CC[C@H]3[C@@H]1CC2. The average Bonchev–Trinajstić information content (AvgIpc) is 3.03. The number of aliphatic hydroxyl groups excluding tert-OH is 1. The lowest BCUT2D eigenvalue weighted by atomic mass is 9.55. The highest BCUT2D eigenvalue weighted by Gasteiger charge is 2.54. The molecule has 3 aliphatic carbocycles. The first kappa shape index (κ1) is 18.0. The van der Waals surface area contributed by atoms with Crippen LogP contribution < -0.4 is 4.74 Å². The van der Waals surface area contributed by atoms with Gasteiger partial charge in [-0.25, -0.2) is 0 Å². The van der Waals surface area contributed by atoms with E-state index in [4.69, 9.17) is 4.74 Å². The van der Waals surface area contributed by atoms with Gasteiger partial charge in [-0.1, -0.05) is 43.8 Å². The van der Waals surface area contributed by atoms with Crippen LogP contribution in [0.3, 0.4) is 0 Å². The number of hydrogen-bond donors (Lipinski definition) is 1. The van der Waals surface area contributed by atoms with E-state index in [1.807, 2.05) is 0 Å². The van der Waals surface area contributed by atoms with E-state index >= 15 is 0 Å². The predicted molar refractivity (Wildman–Crippen MR) is 113 cm³/mol. The number of aryl methyl sites for hydroxylation is 1. The molecule has 0 heterocycles. The monoisotopic (exact) mass is 374 g/mol. The van der Waals surface area contributed by atoms with Crippen molar-refractivity contribution in [1.29, 1.82) is 0 Å². The Morgan fingerprint density at radius 1 is 1.11 bits per heavy atom. The van der Waals surface area contributed by atoms with E-state index in [-0.39, 0.29) is 11.5 Å². The van der Waals surface area contributed by atoms with Gasteiger partial charge >= 0.3 is 0 Å². The molecule has 0 aromatic heterocycles. The lowest BCUT2D eigenvalue weighted by Gasteiger charge is -2.50. The largest absolute Gasteiger partial charge is 0.465 e. The van der Waals surface area contributed by atoms with E-state index in [9.17, 15) is 5.11 Å². The van der Waals surface area contributed by atoms with Gasteiger partial charge in [-0.05, 0) is 90.5 Å². The van der Waals surface area contributed by atoms with Gasteiger partial charge in [0.05, 0.1) is 12.4 Å². The van der Waals surface area contributed by atoms with Gasteiger partial charge in [0, 0.05) is 5.56 Å². The second-order valence-corrected chi connectivity index (χ2v) is 9.25. The molecule has 5 rings (SSSR count). The summed E-state index contributed by atoms with van der Waals surface area (Å²) >= 11 is 0. The van der Waals surface area contributed by atoms with Crippen molar-refractivity contribution < 1.29 is 9.84 Å². The van der Waals surface area contributed by atoms with Gasteiger partial charge in [0.2, 0.25) is 0 Å². The lowest BCUT2D eigenvalue weighted by Crippen LogP contribution is -2.43. The van der Waals surface area contributed by atoms with Crippen molar-refractivity contribution in [3.63, 3.8) is 0 Å². The van der Waals surface area contributed by atoms with E-state index < -0.39 is 0 Å². The number of aliphatic hydroxyl groups is 1. The van der Waals surface area contributed by atoms with Gasteiger partial charge in [0.15, 0.2) is 0 Å². The minimum Gasteiger partial charge on any atom is -0.465 e. The molecule has 28 heavy (non-hydrogen) atoms. The Bertz CT molecular complexity index is 887. The zero-order valence-corrected chi connectivity index (χ0v) is 16.7. The molecule has 0 radical (unpaired) electrons. The molecule has 5 atom stereocenters. The highest BCUT2D eigenvalue weighted by atomic mass is 16.5. The molecular formula is C26H30O2. The summed E-state index contributed by atoms with van der Waals surface area (Å²) in [6.45, 7) is 6.12. The summed E-state index contributed by atoms with van der Waals surface area (Å²) in [5.74, 6) is 2.90. The molecule has 0 saturated heterocycles. The summed E-state index contributed by atoms with van der Waals surface area (Å²) in [5.41, 5.74) is 5.46. The van der Waals surface area contributed by atoms with Crippen molar-refractivity contribution in [3.8, 4) is 16.9 Å². The summed E-state index contributed by atoms with van der Waals surface area (Å²) < 4.78 is 5.82. The number of rotatable bonds is 3. The third-order valence-electron chi connectivity index (χ3n) is 8.07. The van der Waals surface area contributed by atoms with Crippen LogP contribution in [0.2, 0.25) is 0 Å². The summed E-state index contributed by atoms with van der Waals surface area (Å²) in [6, 6.07) is 15.2. The maximum Gasteiger partial charge on any atom is 0.134 e. The van der Waals surface area contributed by atoms with E-state index in [0.29, 0.717) is 17.8 Å². The van der Waals surface area contributed by atoms with Crippen LogP contribution in [0, 0.1) is 17.3 Å². The number of fused-ring (bicyclic) bond motifs is 5. The van der Waals surface area contributed by atoms with Crippen LogP contribution in [-0.4, -0.2) is 11.2 Å². The topological polar surface area (TPSA) is 29.5 Å². The van der Waals surface area contributed by atoms with Gasteiger partial charge < -0.3 is 9.84 Å². The quantitative estimate of drug-likeness (QED) is 0.659. The van der Waals surface area contributed by atoms with Crippen LogP contribution in [-0.2, 0) is 6.42 Å². The summed E-state index contributed by atoms with van der Waals surface area (Å²) in [6.07, 6.45) is 8.29. The molecule has 0 unspecified atom stereocenters. The van der Waals surface area contributed by atoms with Crippen molar-refractivity contribution in [2.45, 2.75) is 57.5 Å². The first-order valence-corrected chi connectivity index (χ1v) is 10.8. The van der Waals surface area contributed by atoms with Crippen molar-refractivity contribution >= 4 is 0 Å². The molecule has 2 nitrogen and oxygen atoms in total. The minimum atomic E-state index is -0.108. The molecule has 0 aliphatic heterocycles. The molecule has 2 aromatic rings. The fourth-order valence-corrected chi connectivity index (χ4v) is 6.60. The van der Waals surface area contributed by atoms with E-state index in [1.165, 1.54) is 47.8 Å². The Hall–Kier alpha value is -2.06. The average molecular weight is 375 g/mol. The Labute approximate surface area is 168 Å². The maximum atomic E-state index is 10.6. The molecule has 0 bridgehead atoms. The first-order chi connectivity index (χ1) is 13.6. The van der Waals surface area contributed by atoms with Gasteiger partial charge in [0.25, 0.3) is 0 Å². The highest BCUT2D eigenvalue weighted by Crippen LogP contribution is 2.61. The van der Waals surface area contributed by atoms with Gasteiger partial charge in [-0.2, -0.15) is 0 Å². The van der Waals surface area contributed by atoms with Crippen LogP contribution in [0.4, 0.5) is 0 Å². The van der Waals surface area contributed by atoms with Gasteiger partial charge in [0.1, 0.15) is 5.75 Å². The predicted octanol–water partition coefficient (Wildman–Crippen LogP) is 6.09. The molecule has 2 heteroatoms. The van der Waals surface area contributed by atoms with Crippen molar-refractivity contribution in [2.24, 2.45) is 17.3 Å². The molecule has 146 valence electrons.